The lowest BCUT2D eigenvalue weighted by Gasteiger charge is -2.33. The second-order valence-electron chi connectivity index (χ2n) is 6.80. The molecule has 0 aromatic heterocycles. The molecule has 2 nitrogen and oxygen atoms in total. The van der Waals surface area contributed by atoms with Crippen molar-refractivity contribution in [3.8, 4) is 0 Å². The first kappa shape index (κ1) is 14.0. The Morgan fingerprint density at radius 3 is 2.11 bits per heavy atom. The second kappa shape index (κ2) is 5.32. The number of rotatable bonds is 2. The zero-order valence-corrected chi connectivity index (χ0v) is 12.5. The van der Waals surface area contributed by atoms with Crippen molar-refractivity contribution in [3.05, 3.63) is 0 Å². The van der Waals surface area contributed by atoms with Crippen LogP contribution in [0.25, 0.3) is 0 Å². The first-order valence-electron chi connectivity index (χ1n) is 7.61. The molecule has 0 amide bonds. The van der Waals surface area contributed by atoms with Gasteiger partial charge < -0.3 is 4.74 Å². The largest absolute Gasteiger partial charge is 0.375 e. The first-order chi connectivity index (χ1) is 8.41. The maximum atomic E-state index is 12.7. The topological polar surface area (TPSA) is 26.3 Å². The van der Waals surface area contributed by atoms with E-state index in [-0.39, 0.29) is 18.1 Å². The van der Waals surface area contributed by atoms with Crippen LogP contribution in [0.3, 0.4) is 0 Å². The molecule has 7 unspecified atom stereocenters. The molecule has 2 aliphatic rings. The van der Waals surface area contributed by atoms with Crippen molar-refractivity contribution in [2.45, 2.75) is 66.1 Å². The molecule has 18 heavy (non-hydrogen) atoms. The zero-order valence-electron chi connectivity index (χ0n) is 12.5. The fourth-order valence-corrected chi connectivity index (χ4v) is 3.84. The highest BCUT2D eigenvalue weighted by Crippen LogP contribution is 2.40. The number of Topliss-reactive ketones (excluding diaryl/α,β-unsaturated/α-hetero) is 1. The van der Waals surface area contributed by atoms with Crippen LogP contribution in [0.4, 0.5) is 0 Å². The Bertz CT molecular complexity index is 312. The zero-order chi connectivity index (χ0) is 13.4. The minimum atomic E-state index is 0.108. The number of ketones is 1. The second-order valence-corrected chi connectivity index (χ2v) is 6.80. The highest BCUT2D eigenvalue weighted by Gasteiger charge is 2.44. The van der Waals surface area contributed by atoms with E-state index in [2.05, 4.69) is 34.6 Å². The Morgan fingerprint density at radius 1 is 0.944 bits per heavy atom. The molecule has 1 heterocycles. The number of ether oxygens (including phenoxy) is 1. The lowest BCUT2D eigenvalue weighted by Crippen LogP contribution is -2.35. The van der Waals surface area contributed by atoms with Crippen LogP contribution in [0.1, 0.15) is 53.9 Å². The van der Waals surface area contributed by atoms with Gasteiger partial charge in [0.1, 0.15) is 5.78 Å². The quantitative estimate of drug-likeness (QED) is 0.749. The van der Waals surface area contributed by atoms with E-state index in [0.29, 0.717) is 23.5 Å². The Balaban J connectivity index is 2.03. The standard InChI is InChI=1S/C16H28O2/c1-9-6-7-14(8-10(9)2)16(17)15-11(3)12(4)18-13(15)5/h9-15H,6-8H2,1-5H3. The van der Waals surface area contributed by atoms with Gasteiger partial charge in [-0.2, -0.15) is 0 Å². The van der Waals surface area contributed by atoms with Gasteiger partial charge in [0.2, 0.25) is 0 Å². The third kappa shape index (κ3) is 2.49. The van der Waals surface area contributed by atoms with E-state index in [1.54, 1.807) is 0 Å². The predicted octanol–water partition coefficient (Wildman–Crippen LogP) is 3.69. The van der Waals surface area contributed by atoms with Crippen LogP contribution >= 0.6 is 0 Å². The molecule has 0 spiro atoms. The molecule has 104 valence electrons. The summed E-state index contributed by atoms with van der Waals surface area (Å²) in [6, 6.07) is 0. The van der Waals surface area contributed by atoms with Crippen LogP contribution < -0.4 is 0 Å². The maximum absolute atomic E-state index is 12.7. The van der Waals surface area contributed by atoms with E-state index in [1.807, 2.05) is 0 Å². The van der Waals surface area contributed by atoms with Gasteiger partial charge in [0.15, 0.2) is 0 Å². The van der Waals surface area contributed by atoms with E-state index in [1.165, 1.54) is 6.42 Å². The monoisotopic (exact) mass is 252 g/mol. The van der Waals surface area contributed by atoms with Gasteiger partial charge in [0.05, 0.1) is 12.2 Å². The predicted molar refractivity (Wildman–Crippen MR) is 73.3 cm³/mol. The van der Waals surface area contributed by atoms with E-state index < -0.39 is 0 Å². The van der Waals surface area contributed by atoms with Crippen LogP contribution in [-0.4, -0.2) is 18.0 Å². The lowest BCUT2D eigenvalue weighted by molar-refractivity contribution is -0.130. The molecule has 0 N–H and O–H groups in total. The molecule has 0 aromatic carbocycles. The van der Waals surface area contributed by atoms with Gasteiger partial charge >= 0.3 is 0 Å². The average molecular weight is 252 g/mol. The molecule has 0 radical (unpaired) electrons. The fourth-order valence-electron chi connectivity index (χ4n) is 3.84. The van der Waals surface area contributed by atoms with Crippen molar-refractivity contribution in [2.24, 2.45) is 29.6 Å². The number of hydrogen-bond donors (Lipinski definition) is 0. The SMILES string of the molecule is CC1CCC(C(=O)C2C(C)OC(C)C2C)CC1C. The number of carbonyl (C=O) groups excluding carboxylic acids is 1. The molecule has 2 heteroatoms. The van der Waals surface area contributed by atoms with Crippen molar-refractivity contribution in [2.75, 3.05) is 0 Å². The Morgan fingerprint density at radius 2 is 1.61 bits per heavy atom. The summed E-state index contributed by atoms with van der Waals surface area (Å²) < 4.78 is 5.83. The van der Waals surface area contributed by atoms with E-state index >= 15 is 0 Å². The van der Waals surface area contributed by atoms with E-state index in [9.17, 15) is 4.79 Å². The summed E-state index contributed by atoms with van der Waals surface area (Å²) in [6.07, 6.45) is 3.73. The summed E-state index contributed by atoms with van der Waals surface area (Å²) in [5.74, 6) is 2.76. The molecule has 1 aliphatic heterocycles. The summed E-state index contributed by atoms with van der Waals surface area (Å²) in [4.78, 5) is 12.7. The maximum Gasteiger partial charge on any atom is 0.141 e. The normalized spacial score (nSPS) is 49.3. The van der Waals surface area contributed by atoms with Crippen molar-refractivity contribution >= 4 is 5.78 Å². The highest BCUT2D eigenvalue weighted by molar-refractivity contribution is 5.84. The van der Waals surface area contributed by atoms with Gasteiger partial charge in [-0.3, -0.25) is 4.79 Å². The van der Waals surface area contributed by atoms with Gasteiger partial charge in [0, 0.05) is 11.8 Å². The van der Waals surface area contributed by atoms with Gasteiger partial charge in [-0.15, -0.1) is 0 Å². The summed E-state index contributed by atoms with van der Waals surface area (Å²) in [5.41, 5.74) is 0. The summed E-state index contributed by atoms with van der Waals surface area (Å²) in [6.45, 7) is 10.9. The molecule has 1 aliphatic carbocycles. The minimum Gasteiger partial charge on any atom is -0.375 e. The van der Waals surface area contributed by atoms with Crippen molar-refractivity contribution in [1.29, 1.82) is 0 Å². The fraction of sp³-hybridized carbons (Fsp3) is 0.938. The molecular formula is C16H28O2. The average Bonchev–Trinajstić information content (AvgIpc) is 2.56. The molecule has 2 rings (SSSR count). The van der Waals surface area contributed by atoms with Gasteiger partial charge in [0.25, 0.3) is 0 Å². The summed E-state index contributed by atoms with van der Waals surface area (Å²) >= 11 is 0. The van der Waals surface area contributed by atoms with E-state index in [4.69, 9.17) is 4.74 Å². The van der Waals surface area contributed by atoms with Crippen molar-refractivity contribution < 1.29 is 9.53 Å². The van der Waals surface area contributed by atoms with Crippen molar-refractivity contribution in [1.82, 2.24) is 0 Å². The van der Waals surface area contributed by atoms with Crippen molar-refractivity contribution in [3.63, 3.8) is 0 Å². The minimum absolute atomic E-state index is 0.108. The molecule has 7 atom stereocenters. The lowest BCUT2D eigenvalue weighted by atomic mass is 9.70. The molecule has 1 saturated carbocycles. The summed E-state index contributed by atoms with van der Waals surface area (Å²) in [5, 5.41) is 0. The third-order valence-electron chi connectivity index (χ3n) is 5.57. The molecule has 0 aromatic rings. The Hall–Kier alpha value is -0.370. The van der Waals surface area contributed by atoms with Crippen LogP contribution in [0.2, 0.25) is 0 Å². The number of carbonyl (C=O) groups is 1. The van der Waals surface area contributed by atoms with Crippen LogP contribution in [-0.2, 0) is 9.53 Å². The van der Waals surface area contributed by atoms with Crippen LogP contribution in [0.5, 0.6) is 0 Å². The van der Waals surface area contributed by atoms with Gasteiger partial charge in [-0.25, -0.2) is 0 Å². The van der Waals surface area contributed by atoms with Gasteiger partial charge in [-0.05, 0) is 50.9 Å². The third-order valence-corrected chi connectivity index (χ3v) is 5.57. The molecule has 0 bridgehead atoms. The van der Waals surface area contributed by atoms with Crippen LogP contribution in [0.15, 0.2) is 0 Å². The highest BCUT2D eigenvalue weighted by atomic mass is 16.5. The first-order valence-corrected chi connectivity index (χ1v) is 7.61. The summed E-state index contributed by atoms with van der Waals surface area (Å²) in [7, 11) is 0. The van der Waals surface area contributed by atoms with Gasteiger partial charge in [-0.1, -0.05) is 20.8 Å². The van der Waals surface area contributed by atoms with E-state index in [0.717, 1.165) is 18.8 Å². The smallest absolute Gasteiger partial charge is 0.141 e. The Kier molecular flexibility index (Phi) is 4.15. The molecule has 2 fully saturated rings. The molecule has 1 saturated heterocycles. The molecular weight excluding hydrogens is 224 g/mol. The van der Waals surface area contributed by atoms with Crippen LogP contribution in [0, 0.1) is 29.6 Å². The Labute approximate surface area is 111 Å². The number of hydrogen-bond acceptors (Lipinski definition) is 2.